The van der Waals surface area contributed by atoms with Gasteiger partial charge in [0.1, 0.15) is 9.52 Å². The van der Waals surface area contributed by atoms with Gasteiger partial charge in [-0.3, -0.25) is 4.98 Å². The van der Waals surface area contributed by atoms with Crippen molar-refractivity contribution >= 4 is 28.4 Å². The summed E-state index contributed by atoms with van der Waals surface area (Å²) in [5.41, 5.74) is 0. The third-order valence-electron chi connectivity index (χ3n) is 2.19. The van der Waals surface area contributed by atoms with E-state index >= 15 is 0 Å². The summed E-state index contributed by atoms with van der Waals surface area (Å²) in [4.78, 5) is 8.40. The predicted octanol–water partition coefficient (Wildman–Crippen LogP) is 3.46. The lowest BCUT2D eigenvalue weighted by atomic mass is 10.1. The number of hydrogen-bond acceptors (Lipinski definition) is 3. The Labute approximate surface area is 105 Å². The maximum absolute atomic E-state index is 4.32. The molecule has 0 unspecified atom stereocenters. The lowest BCUT2D eigenvalue weighted by Crippen LogP contribution is -2.04. The van der Waals surface area contributed by atoms with E-state index < -0.39 is 0 Å². The second-order valence-corrected chi connectivity index (χ2v) is 4.67. The molecule has 1 heterocycles. The standard InChI is InChI=1S/C11H18IN3/c1-2-3-4-5-6-7-14-11-9-13-8-10(12)15-11/h8-9H,2-7H2,1H3,(H,14,15). The van der Waals surface area contributed by atoms with E-state index in [2.05, 4.69) is 44.8 Å². The number of anilines is 1. The maximum Gasteiger partial charge on any atom is 0.145 e. The van der Waals surface area contributed by atoms with Gasteiger partial charge >= 0.3 is 0 Å². The van der Waals surface area contributed by atoms with Crippen LogP contribution in [-0.2, 0) is 0 Å². The van der Waals surface area contributed by atoms with Crippen molar-refractivity contribution < 1.29 is 0 Å². The Morgan fingerprint density at radius 1 is 1.20 bits per heavy atom. The molecule has 1 rings (SSSR count). The molecule has 1 aromatic rings. The SMILES string of the molecule is CCCCCCCNc1cncc(I)n1. The Bertz CT molecular complexity index is 278. The quantitative estimate of drug-likeness (QED) is 0.618. The molecule has 0 fully saturated rings. The van der Waals surface area contributed by atoms with Crippen LogP contribution in [0.4, 0.5) is 5.82 Å². The summed E-state index contributed by atoms with van der Waals surface area (Å²) in [5.74, 6) is 0.886. The molecule has 1 aromatic heterocycles. The highest BCUT2D eigenvalue weighted by molar-refractivity contribution is 14.1. The van der Waals surface area contributed by atoms with Gasteiger partial charge in [-0.25, -0.2) is 4.98 Å². The zero-order valence-electron chi connectivity index (χ0n) is 9.17. The average Bonchev–Trinajstić information content (AvgIpc) is 2.23. The Morgan fingerprint density at radius 2 is 2.00 bits per heavy atom. The molecule has 15 heavy (non-hydrogen) atoms. The Morgan fingerprint density at radius 3 is 2.73 bits per heavy atom. The molecule has 0 spiro atoms. The number of rotatable bonds is 7. The molecule has 3 nitrogen and oxygen atoms in total. The fourth-order valence-corrected chi connectivity index (χ4v) is 1.79. The van der Waals surface area contributed by atoms with Crippen LogP contribution in [0.25, 0.3) is 0 Å². The summed E-state index contributed by atoms with van der Waals surface area (Å²) in [6.45, 7) is 3.23. The number of hydrogen-bond donors (Lipinski definition) is 1. The summed E-state index contributed by atoms with van der Waals surface area (Å²) in [6, 6.07) is 0. The zero-order chi connectivity index (χ0) is 10.9. The largest absolute Gasteiger partial charge is 0.369 e. The van der Waals surface area contributed by atoms with Crippen LogP contribution in [0.1, 0.15) is 39.0 Å². The predicted molar refractivity (Wildman–Crippen MR) is 72.0 cm³/mol. The molecule has 0 aliphatic carbocycles. The Hall–Kier alpha value is -0.390. The van der Waals surface area contributed by atoms with Crippen molar-refractivity contribution in [2.75, 3.05) is 11.9 Å². The van der Waals surface area contributed by atoms with Gasteiger partial charge in [-0.2, -0.15) is 0 Å². The van der Waals surface area contributed by atoms with Crippen molar-refractivity contribution in [1.82, 2.24) is 9.97 Å². The first-order valence-electron chi connectivity index (χ1n) is 5.54. The summed E-state index contributed by atoms with van der Waals surface area (Å²) < 4.78 is 0.934. The van der Waals surface area contributed by atoms with E-state index in [0.29, 0.717) is 0 Å². The number of aromatic nitrogens is 2. The van der Waals surface area contributed by atoms with E-state index in [9.17, 15) is 0 Å². The normalized spacial score (nSPS) is 10.3. The molecule has 0 aliphatic rings. The van der Waals surface area contributed by atoms with Crippen molar-refractivity contribution in [3.63, 3.8) is 0 Å². The fourth-order valence-electron chi connectivity index (χ4n) is 1.37. The Kier molecular flexibility index (Phi) is 6.63. The molecule has 0 radical (unpaired) electrons. The van der Waals surface area contributed by atoms with Gasteiger partial charge in [0, 0.05) is 6.54 Å². The first kappa shape index (κ1) is 12.7. The number of unbranched alkanes of at least 4 members (excludes halogenated alkanes) is 4. The topological polar surface area (TPSA) is 37.8 Å². The summed E-state index contributed by atoms with van der Waals surface area (Å²) in [5, 5.41) is 3.28. The molecule has 0 saturated heterocycles. The molecule has 1 N–H and O–H groups in total. The van der Waals surface area contributed by atoms with Gasteiger partial charge in [0.25, 0.3) is 0 Å². The summed E-state index contributed by atoms with van der Waals surface area (Å²) in [6.07, 6.45) is 10.0. The van der Waals surface area contributed by atoms with Crippen LogP contribution in [0, 0.1) is 3.70 Å². The van der Waals surface area contributed by atoms with Gasteiger partial charge in [0.15, 0.2) is 0 Å². The molecule has 0 aromatic carbocycles. The highest BCUT2D eigenvalue weighted by Crippen LogP contribution is 2.06. The highest BCUT2D eigenvalue weighted by Gasteiger charge is 1.94. The second-order valence-electron chi connectivity index (χ2n) is 3.57. The number of nitrogens with one attached hydrogen (secondary N) is 1. The van der Waals surface area contributed by atoms with E-state index in [1.54, 1.807) is 12.4 Å². The first-order chi connectivity index (χ1) is 7.33. The van der Waals surface area contributed by atoms with E-state index in [1.165, 1.54) is 32.1 Å². The molecular weight excluding hydrogens is 301 g/mol. The summed E-state index contributed by atoms with van der Waals surface area (Å²) >= 11 is 2.17. The van der Waals surface area contributed by atoms with Crippen molar-refractivity contribution in [1.29, 1.82) is 0 Å². The third-order valence-corrected chi connectivity index (χ3v) is 2.71. The molecule has 0 aliphatic heterocycles. The zero-order valence-corrected chi connectivity index (χ0v) is 11.3. The van der Waals surface area contributed by atoms with Crippen LogP contribution in [0.3, 0.4) is 0 Å². The monoisotopic (exact) mass is 319 g/mol. The van der Waals surface area contributed by atoms with Gasteiger partial charge < -0.3 is 5.32 Å². The second kappa shape index (κ2) is 7.84. The van der Waals surface area contributed by atoms with Gasteiger partial charge in [0.05, 0.1) is 12.4 Å². The van der Waals surface area contributed by atoms with Crippen molar-refractivity contribution in [2.45, 2.75) is 39.0 Å². The van der Waals surface area contributed by atoms with Crippen molar-refractivity contribution in [2.24, 2.45) is 0 Å². The highest BCUT2D eigenvalue weighted by atomic mass is 127. The first-order valence-corrected chi connectivity index (χ1v) is 6.62. The van der Waals surface area contributed by atoms with Crippen LogP contribution >= 0.6 is 22.6 Å². The van der Waals surface area contributed by atoms with E-state index in [4.69, 9.17) is 0 Å². The van der Waals surface area contributed by atoms with Gasteiger partial charge in [-0.05, 0) is 29.0 Å². The van der Waals surface area contributed by atoms with Crippen LogP contribution in [0.15, 0.2) is 12.4 Å². The lowest BCUT2D eigenvalue weighted by Gasteiger charge is -2.04. The van der Waals surface area contributed by atoms with Crippen molar-refractivity contribution in [3.05, 3.63) is 16.1 Å². The van der Waals surface area contributed by atoms with E-state index in [0.717, 1.165) is 16.1 Å². The van der Waals surface area contributed by atoms with Crippen LogP contribution in [0.2, 0.25) is 0 Å². The smallest absolute Gasteiger partial charge is 0.145 e. The molecular formula is C11H18IN3. The minimum absolute atomic E-state index is 0.886. The minimum atomic E-state index is 0.886. The minimum Gasteiger partial charge on any atom is -0.369 e. The number of halogens is 1. The molecule has 0 atom stereocenters. The fraction of sp³-hybridized carbons (Fsp3) is 0.636. The Balaban J connectivity index is 2.10. The van der Waals surface area contributed by atoms with E-state index in [1.807, 2.05) is 0 Å². The average molecular weight is 319 g/mol. The molecule has 84 valence electrons. The van der Waals surface area contributed by atoms with Crippen LogP contribution in [-0.4, -0.2) is 16.5 Å². The van der Waals surface area contributed by atoms with Crippen molar-refractivity contribution in [3.8, 4) is 0 Å². The van der Waals surface area contributed by atoms with Crippen LogP contribution in [0.5, 0.6) is 0 Å². The molecule has 0 saturated carbocycles. The summed E-state index contributed by atoms with van der Waals surface area (Å²) in [7, 11) is 0. The number of nitrogens with zero attached hydrogens (tertiary/aromatic N) is 2. The molecule has 4 heteroatoms. The molecule has 0 bridgehead atoms. The third kappa shape index (κ3) is 5.92. The van der Waals surface area contributed by atoms with Gasteiger partial charge in [0.2, 0.25) is 0 Å². The van der Waals surface area contributed by atoms with Crippen LogP contribution < -0.4 is 5.32 Å². The van der Waals surface area contributed by atoms with Gasteiger partial charge in [-0.15, -0.1) is 0 Å². The lowest BCUT2D eigenvalue weighted by molar-refractivity contribution is 0.644. The molecule has 0 amide bonds. The van der Waals surface area contributed by atoms with E-state index in [-0.39, 0.29) is 0 Å². The van der Waals surface area contributed by atoms with Gasteiger partial charge in [-0.1, -0.05) is 32.6 Å². The maximum atomic E-state index is 4.32.